The zero-order valence-corrected chi connectivity index (χ0v) is 14.6. The molecule has 0 aliphatic carbocycles. The van der Waals surface area contributed by atoms with E-state index in [2.05, 4.69) is 16.5 Å². The summed E-state index contributed by atoms with van der Waals surface area (Å²) in [5.74, 6) is 0.279. The van der Waals surface area contributed by atoms with E-state index < -0.39 is 0 Å². The normalized spacial score (nSPS) is 19.0. The maximum absolute atomic E-state index is 12.8. The number of nitrogens with zero attached hydrogens (tertiary/aromatic N) is 2. The molecule has 0 saturated carbocycles. The highest BCUT2D eigenvalue weighted by Crippen LogP contribution is 2.19. The van der Waals surface area contributed by atoms with Gasteiger partial charge in [0.15, 0.2) is 5.78 Å². The van der Waals surface area contributed by atoms with Crippen LogP contribution in [0.4, 0.5) is 0 Å². The molecule has 1 aromatic rings. The summed E-state index contributed by atoms with van der Waals surface area (Å²) in [7, 11) is 0. The fraction of sp³-hybridized carbons (Fsp3) is 0.556. The van der Waals surface area contributed by atoms with Gasteiger partial charge >= 0.3 is 0 Å². The third kappa shape index (κ3) is 3.55. The molecular formula is C18H27N3O2. The Kier molecular flexibility index (Phi) is 5.42. The minimum atomic E-state index is -0.232. The molecule has 1 aliphatic rings. The Morgan fingerprint density at radius 3 is 2.78 bits per heavy atom. The summed E-state index contributed by atoms with van der Waals surface area (Å²) in [5, 5.41) is 2.89. The van der Waals surface area contributed by atoms with Crippen molar-refractivity contribution in [2.24, 2.45) is 5.92 Å². The molecule has 0 spiro atoms. The number of Topliss-reactive ketones (excluding diaryl/α,β-unsaturated/α-hetero) is 1. The van der Waals surface area contributed by atoms with E-state index in [0.717, 1.165) is 17.0 Å². The standard InChI is InChI=1S/C18H27N3O2/c1-6-8-21-13(4)10-15(14(21)5)16(22)11-20-9-7-19-18(23)17(20)12(2)3/h6,10,12,17H,1,7-9,11H2,2-5H3,(H,19,23). The van der Waals surface area contributed by atoms with Gasteiger partial charge in [0.05, 0.1) is 12.6 Å². The van der Waals surface area contributed by atoms with Crippen LogP contribution in [0.1, 0.15) is 35.6 Å². The van der Waals surface area contributed by atoms with E-state index in [-0.39, 0.29) is 30.2 Å². The summed E-state index contributed by atoms with van der Waals surface area (Å²) in [4.78, 5) is 26.9. The molecule has 1 fully saturated rings. The molecule has 5 heteroatoms. The van der Waals surface area contributed by atoms with E-state index in [1.807, 2.05) is 44.7 Å². The average Bonchev–Trinajstić information content (AvgIpc) is 2.75. The van der Waals surface area contributed by atoms with Crippen LogP contribution in [0.2, 0.25) is 0 Å². The monoisotopic (exact) mass is 317 g/mol. The Morgan fingerprint density at radius 2 is 2.17 bits per heavy atom. The summed E-state index contributed by atoms with van der Waals surface area (Å²) >= 11 is 0. The predicted octanol–water partition coefficient (Wildman–Crippen LogP) is 1.93. The van der Waals surface area contributed by atoms with E-state index in [1.54, 1.807) is 0 Å². The zero-order valence-electron chi connectivity index (χ0n) is 14.6. The van der Waals surface area contributed by atoms with Gasteiger partial charge in [0.1, 0.15) is 0 Å². The molecule has 0 aromatic carbocycles. The summed E-state index contributed by atoms with van der Waals surface area (Å²) < 4.78 is 2.09. The van der Waals surface area contributed by atoms with Crippen molar-refractivity contribution in [2.45, 2.75) is 40.3 Å². The molecule has 1 aliphatic heterocycles. The number of allylic oxidation sites excluding steroid dienone is 1. The lowest BCUT2D eigenvalue weighted by Crippen LogP contribution is -2.58. The molecule has 1 N–H and O–H groups in total. The number of nitrogens with one attached hydrogen (secondary N) is 1. The number of aryl methyl sites for hydroxylation is 1. The Balaban J connectivity index is 2.19. The molecule has 0 bridgehead atoms. The van der Waals surface area contributed by atoms with Crippen LogP contribution in [0.25, 0.3) is 0 Å². The molecule has 0 radical (unpaired) electrons. The van der Waals surface area contributed by atoms with Gasteiger partial charge in [-0.1, -0.05) is 19.9 Å². The van der Waals surface area contributed by atoms with Gasteiger partial charge in [0.2, 0.25) is 5.91 Å². The Labute approximate surface area is 138 Å². The van der Waals surface area contributed by atoms with Crippen LogP contribution in [-0.4, -0.2) is 46.8 Å². The average molecular weight is 317 g/mol. The van der Waals surface area contributed by atoms with Crippen molar-refractivity contribution in [2.75, 3.05) is 19.6 Å². The van der Waals surface area contributed by atoms with Gasteiger partial charge in [-0.25, -0.2) is 0 Å². The van der Waals surface area contributed by atoms with Crippen molar-refractivity contribution in [1.29, 1.82) is 0 Å². The predicted molar refractivity (Wildman–Crippen MR) is 91.6 cm³/mol. The Bertz CT molecular complexity index is 616. The fourth-order valence-corrected chi connectivity index (χ4v) is 3.40. The van der Waals surface area contributed by atoms with Crippen molar-refractivity contribution in [3.05, 3.63) is 35.7 Å². The second kappa shape index (κ2) is 7.13. The molecule has 2 rings (SSSR count). The van der Waals surface area contributed by atoms with Crippen molar-refractivity contribution in [3.8, 4) is 0 Å². The summed E-state index contributed by atoms with van der Waals surface area (Å²) in [6, 6.07) is 1.71. The largest absolute Gasteiger partial charge is 0.353 e. The maximum Gasteiger partial charge on any atom is 0.237 e. The first-order chi connectivity index (χ1) is 10.9. The molecule has 1 atom stereocenters. The number of hydrogen-bond donors (Lipinski definition) is 1. The number of carbonyl (C=O) groups excluding carboxylic acids is 2. The summed E-state index contributed by atoms with van der Waals surface area (Å²) in [6.07, 6.45) is 1.83. The quantitative estimate of drug-likeness (QED) is 0.644. The van der Waals surface area contributed by atoms with Gasteiger partial charge < -0.3 is 9.88 Å². The smallest absolute Gasteiger partial charge is 0.237 e. The lowest BCUT2D eigenvalue weighted by atomic mass is 9.98. The molecule has 5 nitrogen and oxygen atoms in total. The first-order valence-corrected chi connectivity index (χ1v) is 8.19. The second-order valence-corrected chi connectivity index (χ2v) is 6.56. The van der Waals surface area contributed by atoms with Crippen LogP contribution in [-0.2, 0) is 11.3 Å². The third-order valence-corrected chi connectivity index (χ3v) is 4.52. The van der Waals surface area contributed by atoms with Crippen LogP contribution in [0.15, 0.2) is 18.7 Å². The molecule has 1 amide bonds. The highest BCUT2D eigenvalue weighted by Gasteiger charge is 2.33. The van der Waals surface area contributed by atoms with E-state index in [0.29, 0.717) is 19.6 Å². The first-order valence-electron chi connectivity index (χ1n) is 8.19. The number of aromatic nitrogens is 1. The van der Waals surface area contributed by atoms with Crippen LogP contribution in [0, 0.1) is 19.8 Å². The van der Waals surface area contributed by atoms with Crippen molar-refractivity contribution in [1.82, 2.24) is 14.8 Å². The number of ketones is 1. The minimum absolute atomic E-state index is 0.0242. The van der Waals surface area contributed by atoms with Crippen LogP contribution < -0.4 is 5.32 Å². The van der Waals surface area contributed by atoms with Crippen molar-refractivity contribution >= 4 is 11.7 Å². The first kappa shape index (κ1) is 17.5. The highest BCUT2D eigenvalue weighted by molar-refractivity contribution is 5.99. The van der Waals surface area contributed by atoms with Gasteiger partial charge in [0, 0.05) is 36.6 Å². The molecule has 1 saturated heterocycles. The van der Waals surface area contributed by atoms with Crippen LogP contribution in [0.5, 0.6) is 0 Å². The Hall–Kier alpha value is -1.88. The molecule has 1 aromatic heterocycles. The van der Waals surface area contributed by atoms with E-state index in [4.69, 9.17) is 0 Å². The van der Waals surface area contributed by atoms with Gasteiger partial charge in [-0.3, -0.25) is 14.5 Å². The topological polar surface area (TPSA) is 54.3 Å². The number of amides is 1. The van der Waals surface area contributed by atoms with Gasteiger partial charge in [-0.15, -0.1) is 6.58 Å². The number of rotatable bonds is 6. The summed E-state index contributed by atoms with van der Waals surface area (Å²) in [5.41, 5.74) is 2.77. The van der Waals surface area contributed by atoms with Gasteiger partial charge in [0.25, 0.3) is 0 Å². The molecule has 126 valence electrons. The SMILES string of the molecule is C=CCn1c(C)cc(C(=O)CN2CCNC(=O)C2C(C)C)c1C. The van der Waals surface area contributed by atoms with Gasteiger partial charge in [-0.2, -0.15) is 0 Å². The molecular weight excluding hydrogens is 290 g/mol. The molecule has 23 heavy (non-hydrogen) atoms. The zero-order chi connectivity index (χ0) is 17.1. The second-order valence-electron chi connectivity index (χ2n) is 6.56. The summed E-state index contributed by atoms with van der Waals surface area (Å²) in [6.45, 7) is 14.1. The lowest BCUT2D eigenvalue weighted by Gasteiger charge is -2.36. The van der Waals surface area contributed by atoms with Crippen molar-refractivity contribution in [3.63, 3.8) is 0 Å². The van der Waals surface area contributed by atoms with Crippen LogP contribution >= 0.6 is 0 Å². The molecule has 2 heterocycles. The van der Waals surface area contributed by atoms with E-state index in [1.165, 1.54) is 0 Å². The highest BCUT2D eigenvalue weighted by atomic mass is 16.2. The molecule has 1 unspecified atom stereocenters. The van der Waals surface area contributed by atoms with Gasteiger partial charge in [-0.05, 0) is 25.8 Å². The fourth-order valence-electron chi connectivity index (χ4n) is 3.40. The minimum Gasteiger partial charge on any atom is -0.353 e. The van der Waals surface area contributed by atoms with E-state index in [9.17, 15) is 9.59 Å². The number of piperazine rings is 1. The van der Waals surface area contributed by atoms with Crippen molar-refractivity contribution < 1.29 is 9.59 Å². The van der Waals surface area contributed by atoms with Crippen LogP contribution in [0.3, 0.4) is 0 Å². The third-order valence-electron chi connectivity index (χ3n) is 4.52. The number of hydrogen-bond acceptors (Lipinski definition) is 3. The Morgan fingerprint density at radius 1 is 1.48 bits per heavy atom. The maximum atomic E-state index is 12.8. The van der Waals surface area contributed by atoms with E-state index >= 15 is 0 Å². The number of carbonyl (C=O) groups is 2. The lowest BCUT2D eigenvalue weighted by molar-refractivity contribution is -0.130.